The maximum absolute atomic E-state index is 9.76. The predicted molar refractivity (Wildman–Crippen MR) is 44.9 cm³/mol. The summed E-state index contributed by atoms with van der Waals surface area (Å²) in [6.45, 7) is 10.3. The van der Waals surface area contributed by atoms with Crippen molar-refractivity contribution in [2.75, 3.05) is 0 Å². The summed E-state index contributed by atoms with van der Waals surface area (Å²) in [7, 11) is 0. The molecule has 1 N–H and O–H groups in total. The fourth-order valence-corrected chi connectivity index (χ4v) is 1.06. The molecular weight excluding hydrogens is 124 g/mol. The average molecular weight is 144 g/mol. The molecule has 0 saturated heterocycles. The largest absolute Gasteiger partial charge is 0.390 e. The third kappa shape index (κ3) is 3.21. The van der Waals surface area contributed by atoms with Crippen molar-refractivity contribution in [2.24, 2.45) is 11.8 Å². The molecule has 0 bridgehead atoms. The first kappa shape index (κ1) is 9.96. The molecule has 0 radical (unpaired) electrons. The zero-order valence-electron chi connectivity index (χ0n) is 7.81. The lowest BCUT2D eigenvalue weighted by atomic mass is 9.85. The van der Waals surface area contributed by atoms with Gasteiger partial charge in [-0.25, -0.2) is 0 Å². The first-order chi connectivity index (χ1) is 4.36. The average Bonchev–Trinajstić information content (AvgIpc) is 1.60. The number of hydrogen-bond donors (Lipinski definition) is 1. The van der Waals surface area contributed by atoms with E-state index in [0.29, 0.717) is 11.8 Å². The minimum absolute atomic E-state index is 0.356. The third-order valence-electron chi connectivity index (χ3n) is 2.07. The SMILES string of the molecule is CC(C)C[C@@](C)(O)C(C)C. The molecule has 1 heteroatoms. The Morgan fingerprint density at radius 2 is 1.60 bits per heavy atom. The Balaban J connectivity index is 3.87. The van der Waals surface area contributed by atoms with Gasteiger partial charge in [0.05, 0.1) is 5.60 Å². The van der Waals surface area contributed by atoms with Crippen LogP contribution >= 0.6 is 0 Å². The Morgan fingerprint density at radius 1 is 1.20 bits per heavy atom. The van der Waals surface area contributed by atoms with Gasteiger partial charge in [-0.15, -0.1) is 0 Å². The van der Waals surface area contributed by atoms with E-state index in [-0.39, 0.29) is 0 Å². The zero-order valence-corrected chi connectivity index (χ0v) is 7.81. The van der Waals surface area contributed by atoms with E-state index in [4.69, 9.17) is 0 Å². The quantitative estimate of drug-likeness (QED) is 0.645. The first-order valence-corrected chi connectivity index (χ1v) is 4.08. The maximum atomic E-state index is 9.76. The molecule has 0 aliphatic rings. The second-order valence-corrected chi connectivity index (χ2v) is 4.11. The molecule has 0 heterocycles. The van der Waals surface area contributed by atoms with Gasteiger partial charge < -0.3 is 5.11 Å². The normalized spacial score (nSPS) is 18.0. The molecule has 0 spiro atoms. The Labute approximate surface area is 64.5 Å². The van der Waals surface area contributed by atoms with E-state index in [1.165, 1.54) is 0 Å². The van der Waals surface area contributed by atoms with Crippen LogP contribution in [0.4, 0.5) is 0 Å². The van der Waals surface area contributed by atoms with Gasteiger partial charge in [-0.3, -0.25) is 0 Å². The van der Waals surface area contributed by atoms with Gasteiger partial charge in [0, 0.05) is 0 Å². The van der Waals surface area contributed by atoms with Gasteiger partial charge in [-0.05, 0) is 25.2 Å². The van der Waals surface area contributed by atoms with Crippen molar-refractivity contribution in [3.05, 3.63) is 0 Å². The summed E-state index contributed by atoms with van der Waals surface area (Å²) in [6.07, 6.45) is 0.894. The minimum atomic E-state index is -0.478. The van der Waals surface area contributed by atoms with Crippen molar-refractivity contribution in [2.45, 2.75) is 46.6 Å². The van der Waals surface area contributed by atoms with Gasteiger partial charge >= 0.3 is 0 Å². The molecule has 0 aliphatic carbocycles. The highest BCUT2D eigenvalue weighted by atomic mass is 16.3. The Hall–Kier alpha value is -0.0400. The van der Waals surface area contributed by atoms with Crippen LogP contribution in [-0.2, 0) is 0 Å². The minimum Gasteiger partial charge on any atom is -0.390 e. The van der Waals surface area contributed by atoms with Crippen molar-refractivity contribution in [1.29, 1.82) is 0 Å². The molecule has 0 unspecified atom stereocenters. The molecule has 0 rings (SSSR count). The fraction of sp³-hybridized carbons (Fsp3) is 1.00. The molecule has 0 aromatic heterocycles. The zero-order chi connectivity index (χ0) is 8.36. The van der Waals surface area contributed by atoms with E-state index in [1.807, 2.05) is 6.92 Å². The van der Waals surface area contributed by atoms with Gasteiger partial charge in [-0.2, -0.15) is 0 Å². The molecule has 0 fully saturated rings. The highest BCUT2D eigenvalue weighted by Gasteiger charge is 2.25. The monoisotopic (exact) mass is 144 g/mol. The van der Waals surface area contributed by atoms with Gasteiger partial charge in [0.15, 0.2) is 0 Å². The van der Waals surface area contributed by atoms with Crippen LogP contribution in [0, 0.1) is 11.8 Å². The second kappa shape index (κ2) is 3.38. The molecule has 0 saturated carbocycles. The van der Waals surface area contributed by atoms with Gasteiger partial charge in [0.25, 0.3) is 0 Å². The number of hydrogen-bond acceptors (Lipinski definition) is 1. The van der Waals surface area contributed by atoms with Gasteiger partial charge in [-0.1, -0.05) is 27.7 Å². The molecule has 0 aromatic carbocycles. The van der Waals surface area contributed by atoms with E-state index >= 15 is 0 Å². The van der Waals surface area contributed by atoms with Crippen LogP contribution in [0.5, 0.6) is 0 Å². The molecule has 1 nitrogen and oxygen atoms in total. The summed E-state index contributed by atoms with van der Waals surface area (Å²) in [5.74, 6) is 0.937. The van der Waals surface area contributed by atoms with Crippen molar-refractivity contribution < 1.29 is 5.11 Å². The standard InChI is InChI=1S/C9H20O/c1-7(2)6-9(5,10)8(3)4/h7-8,10H,6H2,1-5H3/t9-/m1/s1. The second-order valence-electron chi connectivity index (χ2n) is 4.11. The van der Waals surface area contributed by atoms with E-state index in [9.17, 15) is 5.11 Å². The van der Waals surface area contributed by atoms with Crippen molar-refractivity contribution in [3.8, 4) is 0 Å². The summed E-state index contributed by atoms with van der Waals surface area (Å²) >= 11 is 0. The van der Waals surface area contributed by atoms with Crippen LogP contribution in [-0.4, -0.2) is 10.7 Å². The van der Waals surface area contributed by atoms with E-state index < -0.39 is 5.60 Å². The van der Waals surface area contributed by atoms with Gasteiger partial charge in [0.2, 0.25) is 0 Å². The molecule has 10 heavy (non-hydrogen) atoms. The van der Waals surface area contributed by atoms with E-state index in [2.05, 4.69) is 27.7 Å². The highest BCUT2D eigenvalue weighted by Crippen LogP contribution is 2.23. The number of aliphatic hydroxyl groups is 1. The van der Waals surface area contributed by atoms with Crippen LogP contribution in [0.3, 0.4) is 0 Å². The highest BCUT2D eigenvalue weighted by molar-refractivity contribution is 4.77. The molecule has 0 aromatic rings. The Kier molecular flexibility index (Phi) is 3.37. The Bertz CT molecular complexity index is 92.9. The fourth-order valence-electron chi connectivity index (χ4n) is 1.06. The summed E-state index contributed by atoms with van der Waals surface area (Å²) in [5, 5.41) is 9.76. The van der Waals surface area contributed by atoms with Crippen LogP contribution in [0.1, 0.15) is 41.0 Å². The van der Waals surface area contributed by atoms with Crippen LogP contribution in [0.2, 0.25) is 0 Å². The maximum Gasteiger partial charge on any atom is 0.0645 e. The van der Waals surface area contributed by atoms with Gasteiger partial charge in [0.1, 0.15) is 0 Å². The number of rotatable bonds is 3. The first-order valence-electron chi connectivity index (χ1n) is 4.08. The molecule has 62 valence electrons. The summed E-state index contributed by atoms with van der Waals surface area (Å²) in [6, 6.07) is 0. The van der Waals surface area contributed by atoms with Crippen molar-refractivity contribution in [3.63, 3.8) is 0 Å². The summed E-state index contributed by atoms with van der Waals surface area (Å²) in [5.41, 5.74) is -0.478. The van der Waals surface area contributed by atoms with Crippen LogP contribution in [0.15, 0.2) is 0 Å². The summed E-state index contributed by atoms with van der Waals surface area (Å²) in [4.78, 5) is 0. The molecule has 0 aliphatic heterocycles. The van der Waals surface area contributed by atoms with Crippen molar-refractivity contribution in [1.82, 2.24) is 0 Å². The van der Waals surface area contributed by atoms with Crippen LogP contribution < -0.4 is 0 Å². The van der Waals surface area contributed by atoms with Crippen LogP contribution in [0.25, 0.3) is 0 Å². The molecular formula is C9H20O. The summed E-state index contributed by atoms with van der Waals surface area (Å²) < 4.78 is 0. The van der Waals surface area contributed by atoms with E-state index in [1.54, 1.807) is 0 Å². The molecule has 0 amide bonds. The van der Waals surface area contributed by atoms with Crippen molar-refractivity contribution >= 4 is 0 Å². The lowest BCUT2D eigenvalue weighted by Crippen LogP contribution is -2.32. The predicted octanol–water partition coefficient (Wildman–Crippen LogP) is 2.44. The Morgan fingerprint density at radius 3 is 1.70 bits per heavy atom. The lowest BCUT2D eigenvalue weighted by molar-refractivity contribution is -0.00532. The third-order valence-corrected chi connectivity index (χ3v) is 2.07. The molecule has 1 atom stereocenters. The lowest BCUT2D eigenvalue weighted by Gasteiger charge is -2.29. The smallest absolute Gasteiger partial charge is 0.0645 e. The van der Waals surface area contributed by atoms with E-state index in [0.717, 1.165) is 6.42 Å². The topological polar surface area (TPSA) is 20.2 Å².